The van der Waals surface area contributed by atoms with Gasteiger partial charge in [-0.25, -0.2) is 4.79 Å². The molecule has 1 aromatic rings. The summed E-state index contributed by atoms with van der Waals surface area (Å²) in [4.78, 5) is 22.2. The highest BCUT2D eigenvalue weighted by Gasteiger charge is 2.08. The monoisotopic (exact) mass is 201 g/mol. The molecule has 1 aromatic heterocycles. The van der Waals surface area contributed by atoms with Crippen LogP contribution in [0.4, 0.5) is 0 Å². The third kappa shape index (κ3) is 1.89. The molecule has 0 N–H and O–H groups in total. The van der Waals surface area contributed by atoms with Crippen LogP contribution >= 0.6 is 11.6 Å². The largest absolute Gasteiger partial charge is 0.465 e. The molecule has 0 radical (unpaired) electrons. The van der Waals surface area contributed by atoms with Crippen molar-refractivity contribution in [2.75, 3.05) is 7.11 Å². The Morgan fingerprint density at radius 2 is 2.15 bits per heavy atom. The number of carbonyl (C=O) groups excluding carboxylic acids is 1. The molecule has 0 fully saturated rings. The fourth-order valence-corrected chi connectivity index (χ4v) is 1.04. The first kappa shape index (κ1) is 9.80. The van der Waals surface area contributed by atoms with Crippen LogP contribution in [0.2, 0.25) is 5.15 Å². The van der Waals surface area contributed by atoms with Crippen LogP contribution in [-0.4, -0.2) is 17.6 Å². The van der Waals surface area contributed by atoms with E-state index in [1.165, 1.54) is 30.9 Å². The smallest absolute Gasteiger partial charge is 0.338 e. The number of methoxy groups -OCH3 is 1. The van der Waals surface area contributed by atoms with Crippen LogP contribution in [-0.2, 0) is 11.8 Å². The van der Waals surface area contributed by atoms with Gasteiger partial charge in [-0.05, 0) is 6.07 Å². The summed E-state index contributed by atoms with van der Waals surface area (Å²) >= 11 is 5.68. The van der Waals surface area contributed by atoms with Crippen molar-refractivity contribution in [2.24, 2.45) is 7.05 Å². The van der Waals surface area contributed by atoms with Crippen LogP contribution < -0.4 is 5.56 Å². The third-order valence-corrected chi connectivity index (χ3v) is 1.99. The van der Waals surface area contributed by atoms with Gasteiger partial charge in [0.2, 0.25) is 0 Å². The lowest BCUT2D eigenvalue weighted by molar-refractivity contribution is 0.0600. The van der Waals surface area contributed by atoms with Gasteiger partial charge in [0.15, 0.2) is 0 Å². The van der Waals surface area contributed by atoms with Gasteiger partial charge in [-0.3, -0.25) is 4.79 Å². The maximum Gasteiger partial charge on any atom is 0.338 e. The number of hydrogen-bond donors (Lipinski definition) is 0. The number of nitrogens with zero attached hydrogens (tertiary/aromatic N) is 1. The molecule has 0 aromatic carbocycles. The van der Waals surface area contributed by atoms with E-state index in [0.29, 0.717) is 0 Å². The Balaban J connectivity index is 3.29. The molecule has 0 atom stereocenters. The van der Waals surface area contributed by atoms with Crippen LogP contribution in [0.15, 0.2) is 16.9 Å². The maximum atomic E-state index is 11.2. The van der Waals surface area contributed by atoms with E-state index in [4.69, 9.17) is 11.6 Å². The minimum absolute atomic E-state index is 0.163. The molecule has 0 saturated carbocycles. The van der Waals surface area contributed by atoms with Gasteiger partial charge in [0.05, 0.1) is 12.7 Å². The van der Waals surface area contributed by atoms with Crippen molar-refractivity contribution in [1.29, 1.82) is 0 Å². The van der Waals surface area contributed by atoms with Gasteiger partial charge in [0.1, 0.15) is 5.15 Å². The zero-order valence-corrected chi connectivity index (χ0v) is 7.96. The van der Waals surface area contributed by atoms with Crippen molar-refractivity contribution in [3.63, 3.8) is 0 Å². The molecular weight excluding hydrogens is 194 g/mol. The molecule has 1 rings (SSSR count). The van der Waals surface area contributed by atoms with Crippen molar-refractivity contribution >= 4 is 17.6 Å². The summed E-state index contributed by atoms with van der Waals surface area (Å²) < 4.78 is 5.67. The molecule has 13 heavy (non-hydrogen) atoms. The van der Waals surface area contributed by atoms with Crippen LogP contribution in [0.1, 0.15) is 10.4 Å². The zero-order valence-electron chi connectivity index (χ0n) is 7.20. The van der Waals surface area contributed by atoms with E-state index in [1.807, 2.05) is 0 Å². The van der Waals surface area contributed by atoms with E-state index in [9.17, 15) is 9.59 Å². The highest BCUT2D eigenvalue weighted by atomic mass is 35.5. The predicted molar refractivity (Wildman–Crippen MR) is 48.0 cm³/mol. The Bertz CT molecular complexity index is 397. The van der Waals surface area contributed by atoms with Crippen molar-refractivity contribution in [1.82, 2.24) is 4.57 Å². The van der Waals surface area contributed by atoms with Crippen molar-refractivity contribution < 1.29 is 9.53 Å². The standard InChI is InChI=1S/C8H8ClNO3/c1-10-6(9)3-5(4-7(10)11)8(12)13-2/h3-4H,1-2H3. The lowest BCUT2D eigenvalue weighted by Crippen LogP contribution is -2.18. The molecule has 0 saturated heterocycles. The van der Waals surface area contributed by atoms with Gasteiger partial charge < -0.3 is 9.30 Å². The van der Waals surface area contributed by atoms with E-state index < -0.39 is 5.97 Å². The third-order valence-electron chi connectivity index (χ3n) is 1.63. The Hall–Kier alpha value is -1.29. The van der Waals surface area contributed by atoms with Crippen LogP contribution in [0.25, 0.3) is 0 Å². The molecule has 70 valence electrons. The molecular formula is C8H8ClNO3. The van der Waals surface area contributed by atoms with Crippen LogP contribution in [0, 0.1) is 0 Å². The number of halogens is 1. The Labute approximate surface area is 79.7 Å². The number of hydrogen-bond acceptors (Lipinski definition) is 3. The van der Waals surface area contributed by atoms with Crippen molar-refractivity contribution in [2.45, 2.75) is 0 Å². The summed E-state index contributed by atoms with van der Waals surface area (Å²) in [5.41, 5.74) is -0.177. The lowest BCUT2D eigenvalue weighted by atomic mass is 10.3. The molecule has 0 aliphatic rings. The molecule has 5 heteroatoms. The molecule has 4 nitrogen and oxygen atoms in total. The average Bonchev–Trinajstić information content (AvgIpc) is 2.12. The lowest BCUT2D eigenvalue weighted by Gasteiger charge is -2.02. The SMILES string of the molecule is COC(=O)c1cc(Cl)n(C)c(=O)c1. The molecule has 1 heterocycles. The first-order chi connectivity index (χ1) is 6.06. The van der Waals surface area contributed by atoms with E-state index in [2.05, 4.69) is 4.74 Å². The van der Waals surface area contributed by atoms with Crippen LogP contribution in [0.3, 0.4) is 0 Å². The topological polar surface area (TPSA) is 48.3 Å². The van der Waals surface area contributed by atoms with Crippen molar-refractivity contribution in [3.8, 4) is 0 Å². The maximum absolute atomic E-state index is 11.2. The summed E-state index contributed by atoms with van der Waals surface area (Å²) in [6.07, 6.45) is 0. The number of rotatable bonds is 1. The Kier molecular flexibility index (Phi) is 2.72. The quantitative estimate of drug-likeness (QED) is 0.500. The fourth-order valence-electron chi connectivity index (χ4n) is 0.838. The van der Waals surface area contributed by atoms with E-state index in [0.717, 1.165) is 0 Å². The van der Waals surface area contributed by atoms with E-state index >= 15 is 0 Å². The number of pyridine rings is 1. The van der Waals surface area contributed by atoms with E-state index in [-0.39, 0.29) is 16.3 Å². The molecule has 0 amide bonds. The first-order valence-corrected chi connectivity index (χ1v) is 3.89. The summed E-state index contributed by atoms with van der Waals surface area (Å²) in [5, 5.41) is 0.202. The minimum Gasteiger partial charge on any atom is -0.465 e. The molecule has 0 aliphatic carbocycles. The number of carbonyl (C=O) groups is 1. The Morgan fingerprint density at radius 3 is 2.62 bits per heavy atom. The molecule has 0 bridgehead atoms. The van der Waals surface area contributed by atoms with Crippen molar-refractivity contribution in [3.05, 3.63) is 33.2 Å². The number of aromatic nitrogens is 1. The second-order valence-electron chi connectivity index (χ2n) is 2.46. The highest BCUT2D eigenvalue weighted by Crippen LogP contribution is 2.07. The second-order valence-corrected chi connectivity index (χ2v) is 2.84. The van der Waals surface area contributed by atoms with Gasteiger partial charge >= 0.3 is 5.97 Å². The van der Waals surface area contributed by atoms with Gasteiger partial charge in [-0.2, -0.15) is 0 Å². The summed E-state index contributed by atoms with van der Waals surface area (Å²) in [7, 11) is 2.76. The average molecular weight is 202 g/mol. The fraction of sp³-hybridized carbons (Fsp3) is 0.250. The van der Waals surface area contributed by atoms with Gasteiger partial charge in [-0.1, -0.05) is 11.6 Å². The molecule has 0 unspecified atom stereocenters. The number of esters is 1. The highest BCUT2D eigenvalue weighted by molar-refractivity contribution is 6.29. The normalized spacial score (nSPS) is 9.77. The second kappa shape index (κ2) is 3.62. The molecule has 0 spiro atoms. The summed E-state index contributed by atoms with van der Waals surface area (Å²) in [5.74, 6) is -0.570. The van der Waals surface area contributed by atoms with Gasteiger partial charge in [0.25, 0.3) is 5.56 Å². The predicted octanol–water partition coefficient (Wildman–Crippen LogP) is 0.825. The van der Waals surface area contributed by atoms with Crippen LogP contribution in [0.5, 0.6) is 0 Å². The summed E-state index contributed by atoms with van der Waals surface area (Å²) in [6.45, 7) is 0. The minimum atomic E-state index is -0.570. The first-order valence-electron chi connectivity index (χ1n) is 3.51. The van der Waals surface area contributed by atoms with Gasteiger partial charge in [-0.15, -0.1) is 0 Å². The summed E-state index contributed by atoms with van der Waals surface area (Å²) in [6, 6.07) is 2.56. The van der Waals surface area contributed by atoms with E-state index in [1.54, 1.807) is 0 Å². The van der Waals surface area contributed by atoms with Gasteiger partial charge in [0, 0.05) is 13.1 Å². The Morgan fingerprint density at radius 1 is 1.54 bits per heavy atom. The molecule has 0 aliphatic heterocycles. The number of ether oxygens (including phenoxy) is 1. The zero-order chi connectivity index (χ0) is 10.0.